The molecule has 0 radical (unpaired) electrons. The quantitative estimate of drug-likeness (QED) is 0.187. The molecule has 3 aromatic heterocycles. The molecule has 0 unspecified atom stereocenters. The Labute approximate surface area is 298 Å². The number of nitrogens with zero attached hydrogens (tertiary/aromatic N) is 3. The first-order chi connectivity index (χ1) is 25.7. The SMILES string of the molecule is C1=Cc2c(oc3cccc(-c4ccc(-c5nc(-c6ccc7ccccc7c6)nc(-c6ccc7ccccc7c6)n5)c5c4oc4ccccc45)c23)CC1. The highest BCUT2D eigenvalue weighted by atomic mass is 16.3. The van der Waals surface area contributed by atoms with E-state index in [0.717, 1.165) is 95.7 Å². The maximum atomic E-state index is 6.78. The van der Waals surface area contributed by atoms with Crippen LogP contribution in [0.5, 0.6) is 0 Å². The van der Waals surface area contributed by atoms with E-state index in [1.807, 2.05) is 12.1 Å². The van der Waals surface area contributed by atoms with Crippen LogP contribution in [0.1, 0.15) is 17.7 Å². The normalized spacial score (nSPS) is 12.8. The zero-order chi connectivity index (χ0) is 34.2. The van der Waals surface area contributed by atoms with E-state index in [-0.39, 0.29) is 0 Å². The monoisotopic (exact) mass is 667 g/mol. The van der Waals surface area contributed by atoms with Crippen molar-refractivity contribution in [1.82, 2.24) is 15.0 Å². The van der Waals surface area contributed by atoms with Gasteiger partial charge < -0.3 is 8.83 Å². The van der Waals surface area contributed by atoms with E-state index in [2.05, 4.69) is 140 Å². The van der Waals surface area contributed by atoms with E-state index < -0.39 is 0 Å². The summed E-state index contributed by atoms with van der Waals surface area (Å²) in [5.74, 6) is 2.86. The average Bonchev–Trinajstić information content (AvgIpc) is 3.79. The van der Waals surface area contributed by atoms with Crippen LogP contribution in [0.25, 0.3) is 106 Å². The number of furan rings is 2. The first-order valence-electron chi connectivity index (χ1n) is 17.7. The zero-order valence-electron chi connectivity index (χ0n) is 28.0. The van der Waals surface area contributed by atoms with Gasteiger partial charge in [-0.05, 0) is 69.9 Å². The summed E-state index contributed by atoms with van der Waals surface area (Å²) in [6.45, 7) is 0. The lowest BCUT2D eigenvalue weighted by Gasteiger charge is -2.12. The highest BCUT2D eigenvalue weighted by Crippen LogP contribution is 2.45. The molecule has 5 heteroatoms. The van der Waals surface area contributed by atoms with Gasteiger partial charge in [-0.15, -0.1) is 0 Å². The molecule has 244 valence electrons. The van der Waals surface area contributed by atoms with Crippen LogP contribution in [0.4, 0.5) is 0 Å². The first kappa shape index (κ1) is 28.9. The number of benzene rings is 7. The van der Waals surface area contributed by atoms with Gasteiger partial charge in [-0.25, -0.2) is 15.0 Å². The second-order valence-corrected chi connectivity index (χ2v) is 13.5. The van der Waals surface area contributed by atoms with Crippen molar-refractivity contribution in [2.24, 2.45) is 0 Å². The molecule has 0 fully saturated rings. The molecule has 0 amide bonds. The molecule has 0 saturated carbocycles. The number of hydrogen-bond donors (Lipinski definition) is 0. The van der Waals surface area contributed by atoms with Crippen LogP contribution < -0.4 is 0 Å². The highest BCUT2D eigenvalue weighted by molar-refractivity contribution is 6.17. The van der Waals surface area contributed by atoms with Crippen molar-refractivity contribution in [2.45, 2.75) is 12.8 Å². The molecule has 0 N–H and O–H groups in total. The van der Waals surface area contributed by atoms with Gasteiger partial charge in [-0.1, -0.05) is 115 Å². The van der Waals surface area contributed by atoms with Gasteiger partial charge >= 0.3 is 0 Å². The van der Waals surface area contributed by atoms with Crippen LogP contribution in [0, 0.1) is 0 Å². The fraction of sp³-hybridized carbons (Fsp3) is 0.0426. The minimum Gasteiger partial charge on any atom is -0.460 e. The van der Waals surface area contributed by atoms with Crippen molar-refractivity contribution in [2.75, 3.05) is 0 Å². The summed E-state index contributed by atoms with van der Waals surface area (Å²) in [5.41, 5.74) is 8.47. The standard InChI is InChI=1S/C47H29N3O2/c1-3-12-30-26-32(22-20-28(30)10-1)45-48-46(33-23-21-29-11-2-4-13-31(29)27-33)50-47(49-45)38-25-24-35(44-43(38)37-15-6-8-18-40(37)52-44)34-16-9-19-41-42(34)36-14-5-7-17-39(36)51-41/h1-6,8-16,18-27H,7,17H2. The molecule has 0 bridgehead atoms. The van der Waals surface area contributed by atoms with E-state index in [0.29, 0.717) is 17.5 Å². The van der Waals surface area contributed by atoms with Gasteiger partial charge in [0, 0.05) is 50.4 Å². The number of rotatable bonds is 4. The Hall–Kier alpha value is -6.85. The molecule has 0 atom stereocenters. The Morgan fingerprint density at radius 1 is 0.462 bits per heavy atom. The minimum atomic E-state index is 0.589. The van der Waals surface area contributed by atoms with Crippen LogP contribution >= 0.6 is 0 Å². The van der Waals surface area contributed by atoms with E-state index in [1.54, 1.807) is 0 Å². The molecule has 11 rings (SSSR count). The van der Waals surface area contributed by atoms with Crippen molar-refractivity contribution in [3.8, 4) is 45.3 Å². The molecule has 0 spiro atoms. The molecule has 5 nitrogen and oxygen atoms in total. The number of hydrogen-bond acceptors (Lipinski definition) is 5. The van der Waals surface area contributed by atoms with Crippen LogP contribution in [0.15, 0.2) is 154 Å². The minimum absolute atomic E-state index is 0.589. The number of fused-ring (bicyclic) bond motifs is 8. The Kier molecular flexibility index (Phi) is 6.31. The maximum Gasteiger partial charge on any atom is 0.164 e. The van der Waals surface area contributed by atoms with E-state index in [4.69, 9.17) is 23.8 Å². The third-order valence-corrected chi connectivity index (χ3v) is 10.4. The second-order valence-electron chi connectivity index (χ2n) is 13.5. The van der Waals surface area contributed by atoms with Gasteiger partial charge in [-0.2, -0.15) is 0 Å². The van der Waals surface area contributed by atoms with Crippen LogP contribution in [0.3, 0.4) is 0 Å². The Bertz CT molecular complexity index is 3000. The third-order valence-electron chi connectivity index (χ3n) is 10.4. The Morgan fingerprint density at radius 3 is 1.85 bits per heavy atom. The molecule has 0 aliphatic heterocycles. The van der Waals surface area contributed by atoms with Crippen molar-refractivity contribution in [3.63, 3.8) is 0 Å². The average molecular weight is 668 g/mol. The molecular weight excluding hydrogens is 639 g/mol. The number of allylic oxidation sites excluding steroid dienone is 1. The number of para-hydroxylation sites is 1. The van der Waals surface area contributed by atoms with E-state index in [9.17, 15) is 0 Å². The van der Waals surface area contributed by atoms with Gasteiger partial charge in [0.25, 0.3) is 0 Å². The van der Waals surface area contributed by atoms with Gasteiger partial charge in [0.2, 0.25) is 0 Å². The lowest BCUT2D eigenvalue weighted by Crippen LogP contribution is -2.01. The van der Waals surface area contributed by atoms with Gasteiger partial charge in [0.05, 0.1) is 0 Å². The summed E-state index contributed by atoms with van der Waals surface area (Å²) in [4.78, 5) is 15.6. The van der Waals surface area contributed by atoms with Crippen molar-refractivity contribution < 1.29 is 8.83 Å². The topological polar surface area (TPSA) is 65.0 Å². The Morgan fingerprint density at radius 2 is 1.10 bits per heavy atom. The fourth-order valence-corrected chi connectivity index (χ4v) is 7.86. The predicted molar refractivity (Wildman–Crippen MR) is 211 cm³/mol. The third kappa shape index (κ3) is 4.53. The second kappa shape index (κ2) is 11.3. The van der Waals surface area contributed by atoms with E-state index in [1.165, 1.54) is 10.8 Å². The van der Waals surface area contributed by atoms with Crippen molar-refractivity contribution in [3.05, 3.63) is 157 Å². The molecule has 7 aromatic carbocycles. The molecule has 10 aromatic rings. The molecule has 1 aliphatic carbocycles. The van der Waals surface area contributed by atoms with Gasteiger partial charge in [0.1, 0.15) is 22.5 Å². The maximum absolute atomic E-state index is 6.78. The van der Waals surface area contributed by atoms with Gasteiger partial charge in [-0.3, -0.25) is 0 Å². The summed E-state index contributed by atoms with van der Waals surface area (Å²) < 4.78 is 13.1. The molecular formula is C47H29N3O2. The first-order valence-corrected chi connectivity index (χ1v) is 17.7. The fourth-order valence-electron chi connectivity index (χ4n) is 7.86. The summed E-state index contributed by atoms with van der Waals surface area (Å²) in [5, 5.41) is 7.69. The largest absolute Gasteiger partial charge is 0.460 e. The van der Waals surface area contributed by atoms with Crippen molar-refractivity contribution in [1.29, 1.82) is 0 Å². The van der Waals surface area contributed by atoms with Crippen LogP contribution in [0.2, 0.25) is 0 Å². The van der Waals surface area contributed by atoms with Gasteiger partial charge in [0.15, 0.2) is 17.5 Å². The lowest BCUT2D eigenvalue weighted by atomic mass is 9.93. The van der Waals surface area contributed by atoms with E-state index >= 15 is 0 Å². The summed E-state index contributed by atoms with van der Waals surface area (Å²) in [6, 6.07) is 48.3. The number of aromatic nitrogens is 3. The smallest absolute Gasteiger partial charge is 0.164 e. The van der Waals surface area contributed by atoms with Crippen LogP contribution in [-0.2, 0) is 6.42 Å². The highest BCUT2D eigenvalue weighted by Gasteiger charge is 2.24. The predicted octanol–water partition coefficient (Wildman–Crippen LogP) is 12.5. The van der Waals surface area contributed by atoms with Crippen LogP contribution in [-0.4, -0.2) is 15.0 Å². The number of aryl methyl sites for hydroxylation is 1. The molecule has 52 heavy (non-hydrogen) atoms. The summed E-state index contributed by atoms with van der Waals surface area (Å²) in [6.07, 6.45) is 6.32. The summed E-state index contributed by atoms with van der Waals surface area (Å²) in [7, 11) is 0. The molecule has 3 heterocycles. The van der Waals surface area contributed by atoms with Crippen molar-refractivity contribution >= 4 is 60.5 Å². The summed E-state index contributed by atoms with van der Waals surface area (Å²) >= 11 is 0. The molecule has 0 saturated heterocycles. The Balaban J connectivity index is 1.18. The molecule has 1 aliphatic rings. The zero-order valence-corrected chi connectivity index (χ0v) is 28.0. The lowest BCUT2D eigenvalue weighted by molar-refractivity contribution is 0.546.